The smallest absolute Gasteiger partial charge is 0.395 e. The molecule has 1 aliphatic rings. The molecule has 2 heterocycles. The average molecular weight is 503 g/mol. The molecule has 0 aliphatic carbocycles. The number of nitrogen functional groups attached to an aromatic ring is 1. The number of anilines is 1. The van der Waals surface area contributed by atoms with Crippen LogP contribution in [-0.4, -0.2) is 73.5 Å². The van der Waals surface area contributed by atoms with Crippen molar-refractivity contribution in [3.8, 4) is 0 Å². The average Bonchev–Trinajstić information content (AvgIpc) is 2.93. The van der Waals surface area contributed by atoms with Gasteiger partial charge in [0.1, 0.15) is 11.9 Å². The maximum atomic E-state index is 14.4. The Morgan fingerprint density at radius 2 is 2.12 bits per heavy atom. The summed E-state index contributed by atoms with van der Waals surface area (Å²) in [6.07, 6.45) is -5.57. The zero-order chi connectivity index (χ0) is 24.3. The first-order valence-corrected chi connectivity index (χ1v) is 11.7. The number of nitrogens with zero attached hydrogens (tertiary/aromatic N) is 2. The van der Waals surface area contributed by atoms with E-state index in [0.29, 0.717) is 4.57 Å². The zero-order valence-corrected chi connectivity index (χ0v) is 18.8. The molecule has 2 rings (SSSR count). The van der Waals surface area contributed by atoms with Gasteiger partial charge in [-0.15, -0.1) is 0 Å². The third-order valence-electron chi connectivity index (χ3n) is 4.40. The van der Waals surface area contributed by atoms with E-state index in [1.165, 1.54) is 13.8 Å². The molecule has 0 aromatic carbocycles. The number of alkyl halides is 2. The molecule has 0 saturated carbocycles. The first kappa shape index (κ1) is 26.8. The normalized spacial score (nSPS) is 24.9. The molecule has 12 nitrogen and oxygen atoms in total. The highest BCUT2D eigenvalue weighted by atomic mass is 32.2. The highest BCUT2D eigenvalue weighted by Crippen LogP contribution is 2.47. The summed E-state index contributed by atoms with van der Waals surface area (Å²) in [5.74, 6) is -4.19. The second kappa shape index (κ2) is 10.2. The fraction of sp³-hybridized carbons (Fsp3) is 0.688. The van der Waals surface area contributed by atoms with Crippen molar-refractivity contribution in [2.45, 2.75) is 38.2 Å². The third kappa shape index (κ3) is 6.32. The molecule has 1 fully saturated rings. The molecule has 0 radical (unpaired) electrons. The number of phosphoric ester groups is 1. The number of thioether (sulfide) groups is 1. The van der Waals surface area contributed by atoms with Gasteiger partial charge >= 0.3 is 19.4 Å². The molecule has 1 unspecified atom stereocenters. The van der Waals surface area contributed by atoms with Gasteiger partial charge in [0.2, 0.25) is 6.23 Å². The second-order valence-corrected chi connectivity index (χ2v) is 9.99. The number of halogens is 2. The van der Waals surface area contributed by atoms with Gasteiger partial charge in [0.15, 0.2) is 11.2 Å². The van der Waals surface area contributed by atoms with Crippen LogP contribution in [0.1, 0.15) is 20.1 Å². The lowest BCUT2D eigenvalue weighted by molar-refractivity contribution is -0.140. The van der Waals surface area contributed by atoms with Gasteiger partial charge < -0.3 is 25.6 Å². The molecule has 1 saturated heterocycles. The van der Waals surface area contributed by atoms with E-state index < -0.39 is 56.5 Å². The number of hydrogen-bond donors (Lipinski definition) is 4. The fourth-order valence-corrected chi connectivity index (χ4v) is 4.12. The maximum Gasteiger partial charge on any atom is 0.472 e. The number of rotatable bonds is 10. The van der Waals surface area contributed by atoms with Crippen molar-refractivity contribution in [3.63, 3.8) is 0 Å². The van der Waals surface area contributed by atoms with Crippen molar-refractivity contribution < 1.29 is 47.0 Å². The first-order valence-electron chi connectivity index (χ1n) is 9.17. The number of phosphoric acid groups is 1. The van der Waals surface area contributed by atoms with Crippen molar-refractivity contribution in [1.82, 2.24) is 9.55 Å². The number of aliphatic hydroxyl groups is 2. The summed E-state index contributed by atoms with van der Waals surface area (Å²) in [4.78, 5) is 36.7. The molecular formula is C16H24F2N3O9PS. The molecule has 182 valence electrons. The number of nitrogens with two attached hydrogens (primary N) is 1. The van der Waals surface area contributed by atoms with Crippen LogP contribution in [0.2, 0.25) is 0 Å². The SMILES string of the molecule is CC(C)(CO)C(=O)SCCOP(=O)(O)OC[C@H]1O[C@@H](n2ccc(N)nc2=O)C(F)(F)[C@@H]1O. The standard InChI is InChI=1S/C16H24F2N3O9PS/c1-15(2,8-22)13(24)32-6-5-28-31(26,27)29-7-9-11(23)16(17,18)12(30-9)21-4-3-10(19)20-14(21)25/h3-4,9,11-12,22-23H,5-8H2,1-2H3,(H,26,27)(H2,19,20,25)/t9-,11-,12-/m1/s1. The van der Waals surface area contributed by atoms with Crippen molar-refractivity contribution >= 4 is 30.5 Å². The lowest BCUT2D eigenvalue weighted by Crippen LogP contribution is -2.41. The summed E-state index contributed by atoms with van der Waals surface area (Å²) in [5, 5.41) is 18.6. The molecule has 5 N–H and O–H groups in total. The Bertz CT molecular complexity index is 932. The van der Waals surface area contributed by atoms with E-state index in [0.717, 1.165) is 24.0 Å². The van der Waals surface area contributed by atoms with Crippen LogP contribution in [0, 0.1) is 5.41 Å². The Labute approximate surface area is 185 Å². The summed E-state index contributed by atoms with van der Waals surface area (Å²) in [5.41, 5.74) is 3.17. The summed E-state index contributed by atoms with van der Waals surface area (Å²) >= 11 is 0.770. The molecule has 1 aliphatic heterocycles. The van der Waals surface area contributed by atoms with Crippen LogP contribution in [0.15, 0.2) is 17.1 Å². The van der Waals surface area contributed by atoms with E-state index >= 15 is 0 Å². The second-order valence-electron chi connectivity index (χ2n) is 7.46. The van der Waals surface area contributed by atoms with Crippen molar-refractivity contribution in [1.29, 1.82) is 0 Å². The summed E-state index contributed by atoms with van der Waals surface area (Å²) < 4.78 is 55.5. The van der Waals surface area contributed by atoms with Crippen LogP contribution >= 0.6 is 19.6 Å². The van der Waals surface area contributed by atoms with E-state index in [9.17, 15) is 32.9 Å². The van der Waals surface area contributed by atoms with E-state index in [1.54, 1.807) is 0 Å². The van der Waals surface area contributed by atoms with Gasteiger partial charge in [-0.1, -0.05) is 11.8 Å². The topological polar surface area (TPSA) is 183 Å². The molecule has 0 amide bonds. The minimum Gasteiger partial charge on any atom is -0.395 e. The molecule has 1 aromatic rings. The van der Waals surface area contributed by atoms with Gasteiger partial charge in [0.25, 0.3) is 0 Å². The lowest BCUT2D eigenvalue weighted by Gasteiger charge is -2.20. The van der Waals surface area contributed by atoms with Gasteiger partial charge in [-0.05, 0) is 19.9 Å². The quantitative estimate of drug-likeness (QED) is 0.250. The predicted molar refractivity (Wildman–Crippen MR) is 108 cm³/mol. The van der Waals surface area contributed by atoms with Crippen LogP contribution in [0.3, 0.4) is 0 Å². The number of aliphatic hydroxyl groups excluding tert-OH is 2. The van der Waals surface area contributed by atoms with Gasteiger partial charge in [0.05, 0.1) is 25.2 Å². The first-order chi connectivity index (χ1) is 14.7. The Morgan fingerprint density at radius 1 is 1.47 bits per heavy atom. The highest BCUT2D eigenvalue weighted by molar-refractivity contribution is 8.13. The van der Waals surface area contributed by atoms with Crippen LogP contribution in [-0.2, 0) is 23.1 Å². The van der Waals surface area contributed by atoms with Gasteiger partial charge in [-0.2, -0.15) is 13.8 Å². The van der Waals surface area contributed by atoms with Crippen molar-refractivity contribution in [3.05, 3.63) is 22.7 Å². The van der Waals surface area contributed by atoms with E-state index in [-0.39, 0.29) is 23.3 Å². The largest absolute Gasteiger partial charge is 0.472 e. The Kier molecular flexibility index (Phi) is 8.56. The predicted octanol–water partition coefficient (Wildman–Crippen LogP) is 0.131. The Balaban J connectivity index is 1.91. The summed E-state index contributed by atoms with van der Waals surface area (Å²) in [7, 11) is -4.74. The lowest BCUT2D eigenvalue weighted by atomic mass is 9.97. The van der Waals surface area contributed by atoms with Crippen LogP contribution < -0.4 is 11.4 Å². The van der Waals surface area contributed by atoms with Crippen LogP contribution in [0.25, 0.3) is 0 Å². The van der Waals surface area contributed by atoms with E-state index in [1.807, 2.05) is 0 Å². The van der Waals surface area contributed by atoms with Gasteiger partial charge in [-0.25, -0.2) is 9.36 Å². The van der Waals surface area contributed by atoms with E-state index in [2.05, 4.69) is 14.0 Å². The number of carbonyl (C=O) groups is 1. The number of carbonyl (C=O) groups excluding carboxylic acids is 1. The molecule has 16 heteroatoms. The molecule has 1 aromatic heterocycles. The minimum absolute atomic E-state index is 0.0358. The monoisotopic (exact) mass is 503 g/mol. The van der Waals surface area contributed by atoms with Crippen LogP contribution in [0.4, 0.5) is 14.6 Å². The molecule has 0 bridgehead atoms. The molecule has 0 spiro atoms. The van der Waals surface area contributed by atoms with Crippen molar-refractivity contribution in [2.24, 2.45) is 5.41 Å². The van der Waals surface area contributed by atoms with Crippen LogP contribution in [0.5, 0.6) is 0 Å². The fourth-order valence-electron chi connectivity index (χ4n) is 2.46. The third-order valence-corrected chi connectivity index (χ3v) is 6.57. The minimum atomic E-state index is -4.74. The van der Waals surface area contributed by atoms with Gasteiger partial charge in [-0.3, -0.25) is 18.4 Å². The number of aromatic nitrogens is 2. The van der Waals surface area contributed by atoms with Crippen molar-refractivity contribution in [2.75, 3.05) is 31.3 Å². The Morgan fingerprint density at radius 3 is 2.72 bits per heavy atom. The Hall–Kier alpha value is -1.45. The number of ether oxygens (including phenoxy) is 1. The summed E-state index contributed by atoms with van der Waals surface area (Å²) in [6.45, 7) is 1.31. The summed E-state index contributed by atoms with van der Waals surface area (Å²) in [6, 6.07) is 1.08. The number of hydrogen-bond acceptors (Lipinski definition) is 11. The van der Waals surface area contributed by atoms with E-state index in [4.69, 9.17) is 15.6 Å². The molecule has 32 heavy (non-hydrogen) atoms. The molecular weight excluding hydrogens is 479 g/mol. The maximum absolute atomic E-state index is 14.4. The highest BCUT2D eigenvalue weighted by Gasteiger charge is 2.60. The zero-order valence-electron chi connectivity index (χ0n) is 17.1. The molecule has 4 atom stereocenters. The van der Waals surface area contributed by atoms with Gasteiger partial charge in [0, 0.05) is 11.9 Å².